The van der Waals surface area contributed by atoms with E-state index in [0.29, 0.717) is 11.5 Å². The van der Waals surface area contributed by atoms with Crippen molar-refractivity contribution in [1.82, 2.24) is 4.98 Å². The number of benzene rings is 2. The summed E-state index contributed by atoms with van der Waals surface area (Å²) in [6.07, 6.45) is 2.60. The van der Waals surface area contributed by atoms with Gasteiger partial charge in [-0.2, -0.15) is 5.10 Å². The maximum atomic E-state index is 5.90. The first-order valence-electron chi connectivity index (χ1n) is 8.99. The Morgan fingerprint density at radius 2 is 1.82 bits per heavy atom. The Balaban J connectivity index is 1.94. The highest BCUT2D eigenvalue weighted by molar-refractivity contribution is 7.13. The molecular formula is C21H22N4O2S. The first kappa shape index (κ1) is 18.3. The molecule has 0 saturated heterocycles. The lowest BCUT2D eigenvalue weighted by atomic mass is 9.94. The summed E-state index contributed by atoms with van der Waals surface area (Å²) in [5.74, 6) is 1.40. The second kappa shape index (κ2) is 7.52. The number of methoxy groups -OCH3 is 2. The van der Waals surface area contributed by atoms with Gasteiger partial charge in [-0.05, 0) is 43.2 Å². The number of fused-ring (bicyclic) bond motifs is 1. The van der Waals surface area contributed by atoms with Crippen molar-refractivity contribution in [3.8, 4) is 11.5 Å². The largest absolute Gasteiger partial charge is 0.493 e. The quantitative estimate of drug-likeness (QED) is 0.679. The van der Waals surface area contributed by atoms with E-state index >= 15 is 0 Å². The molecular weight excluding hydrogens is 372 g/mol. The van der Waals surface area contributed by atoms with E-state index in [1.54, 1.807) is 31.8 Å². The maximum Gasteiger partial charge on any atom is 0.206 e. The zero-order valence-electron chi connectivity index (χ0n) is 16.0. The molecule has 3 aromatic rings. The van der Waals surface area contributed by atoms with Crippen LogP contribution in [-0.4, -0.2) is 31.0 Å². The van der Waals surface area contributed by atoms with Crippen molar-refractivity contribution in [2.24, 2.45) is 5.10 Å². The summed E-state index contributed by atoms with van der Waals surface area (Å²) in [7, 11) is 3.30. The minimum atomic E-state index is 0.134. The summed E-state index contributed by atoms with van der Waals surface area (Å²) in [6, 6.07) is 11.9. The second-order valence-corrected chi connectivity index (χ2v) is 7.52. The van der Waals surface area contributed by atoms with Gasteiger partial charge in [0, 0.05) is 28.4 Å². The van der Waals surface area contributed by atoms with Gasteiger partial charge >= 0.3 is 0 Å². The predicted molar refractivity (Wildman–Crippen MR) is 114 cm³/mol. The zero-order chi connectivity index (χ0) is 19.7. The van der Waals surface area contributed by atoms with Crippen LogP contribution in [0.3, 0.4) is 0 Å². The van der Waals surface area contributed by atoms with Crippen LogP contribution >= 0.6 is 11.3 Å². The monoisotopic (exact) mass is 394 g/mol. The molecule has 7 heteroatoms. The van der Waals surface area contributed by atoms with E-state index < -0.39 is 0 Å². The lowest BCUT2D eigenvalue weighted by Crippen LogP contribution is -2.29. The Morgan fingerprint density at radius 3 is 2.46 bits per heavy atom. The van der Waals surface area contributed by atoms with E-state index in [9.17, 15) is 0 Å². The van der Waals surface area contributed by atoms with Crippen LogP contribution in [0.1, 0.15) is 23.6 Å². The third-order valence-electron chi connectivity index (χ3n) is 4.80. The van der Waals surface area contributed by atoms with Crippen molar-refractivity contribution in [3.63, 3.8) is 0 Å². The molecule has 0 bridgehead atoms. The maximum absolute atomic E-state index is 5.90. The summed E-state index contributed by atoms with van der Waals surface area (Å²) in [5.41, 5.74) is 10.6. The molecule has 0 unspecified atom stereocenters. The molecule has 0 aliphatic carbocycles. The summed E-state index contributed by atoms with van der Waals surface area (Å²) in [4.78, 5) is 4.47. The van der Waals surface area contributed by atoms with Crippen LogP contribution in [0.4, 0.5) is 10.8 Å². The van der Waals surface area contributed by atoms with Gasteiger partial charge < -0.3 is 15.2 Å². The number of nitrogen functional groups attached to an aromatic ring is 1. The fourth-order valence-electron chi connectivity index (χ4n) is 3.39. The number of hydrogen-bond acceptors (Lipinski definition) is 7. The van der Waals surface area contributed by atoms with Crippen molar-refractivity contribution >= 4 is 27.9 Å². The Hall–Kier alpha value is -3.06. The van der Waals surface area contributed by atoms with Crippen molar-refractivity contribution in [3.05, 3.63) is 64.7 Å². The van der Waals surface area contributed by atoms with Gasteiger partial charge in [0.15, 0.2) is 11.5 Å². The number of anilines is 2. The van der Waals surface area contributed by atoms with E-state index in [0.717, 1.165) is 39.6 Å². The number of nitrogens with zero attached hydrogens (tertiary/aromatic N) is 3. The van der Waals surface area contributed by atoms with Crippen LogP contribution in [0.5, 0.6) is 11.5 Å². The highest BCUT2D eigenvalue weighted by Gasteiger charge is 2.27. The Labute approximate surface area is 168 Å². The first-order chi connectivity index (χ1) is 13.6. The van der Waals surface area contributed by atoms with Crippen LogP contribution in [-0.2, 0) is 6.42 Å². The summed E-state index contributed by atoms with van der Waals surface area (Å²) in [5, 5.41) is 9.86. The Morgan fingerprint density at radius 1 is 1.11 bits per heavy atom. The summed E-state index contributed by atoms with van der Waals surface area (Å²) < 4.78 is 11.1. The lowest BCUT2D eigenvalue weighted by Gasteiger charge is -2.22. The number of thiazole rings is 1. The SMILES string of the molecule is COc1cc2c(cc1OC)C(c1ccc(N)cc1)=NN(c1nccs1)[C@H](C)C2. The van der Waals surface area contributed by atoms with Gasteiger partial charge in [-0.15, -0.1) is 11.3 Å². The Kier molecular flexibility index (Phi) is 4.92. The van der Waals surface area contributed by atoms with E-state index in [4.69, 9.17) is 20.3 Å². The molecule has 0 fully saturated rings. The average Bonchev–Trinajstić information content (AvgIpc) is 3.19. The lowest BCUT2D eigenvalue weighted by molar-refractivity contribution is 0.354. The van der Waals surface area contributed by atoms with Crippen LogP contribution in [0, 0.1) is 0 Å². The molecule has 0 saturated carbocycles. The zero-order valence-corrected chi connectivity index (χ0v) is 16.9. The molecule has 28 heavy (non-hydrogen) atoms. The molecule has 1 aliphatic rings. The van der Waals surface area contributed by atoms with Gasteiger partial charge in [-0.3, -0.25) is 0 Å². The molecule has 0 amide bonds. The normalized spacial score (nSPS) is 16.2. The number of hydrazone groups is 1. The van der Waals surface area contributed by atoms with Crippen molar-refractivity contribution < 1.29 is 9.47 Å². The molecule has 6 nitrogen and oxygen atoms in total. The number of nitrogens with two attached hydrogens (primary N) is 1. The van der Waals surface area contributed by atoms with Crippen LogP contribution in [0.25, 0.3) is 0 Å². The van der Waals surface area contributed by atoms with Gasteiger partial charge in [0.25, 0.3) is 0 Å². The van der Waals surface area contributed by atoms with Gasteiger partial charge in [0.2, 0.25) is 5.13 Å². The Bertz CT molecular complexity index is 1000. The molecule has 2 N–H and O–H groups in total. The molecule has 4 rings (SSSR count). The molecule has 2 aromatic carbocycles. The minimum Gasteiger partial charge on any atom is -0.493 e. The third kappa shape index (κ3) is 3.29. The molecule has 1 atom stereocenters. The highest BCUT2D eigenvalue weighted by Crippen LogP contribution is 2.35. The first-order valence-corrected chi connectivity index (χ1v) is 9.87. The van der Waals surface area contributed by atoms with Gasteiger partial charge in [0.1, 0.15) is 0 Å². The number of aromatic nitrogens is 1. The van der Waals surface area contributed by atoms with Gasteiger partial charge in [0.05, 0.1) is 26.0 Å². The van der Waals surface area contributed by atoms with Gasteiger partial charge in [-0.1, -0.05) is 12.1 Å². The van der Waals surface area contributed by atoms with Crippen LogP contribution in [0.15, 0.2) is 53.1 Å². The smallest absolute Gasteiger partial charge is 0.206 e. The van der Waals surface area contributed by atoms with Crippen molar-refractivity contribution in [1.29, 1.82) is 0 Å². The molecule has 144 valence electrons. The molecule has 0 radical (unpaired) electrons. The highest BCUT2D eigenvalue weighted by atomic mass is 32.1. The van der Waals surface area contributed by atoms with Crippen LogP contribution in [0.2, 0.25) is 0 Å². The fraction of sp³-hybridized carbons (Fsp3) is 0.238. The van der Waals surface area contributed by atoms with Crippen molar-refractivity contribution in [2.75, 3.05) is 25.0 Å². The number of hydrogen-bond donors (Lipinski definition) is 1. The van der Waals surface area contributed by atoms with E-state index in [1.807, 2.05) is 46.8 Å². The number of ether oxygens (including phenoxy) is 2. The fourth-order valence-corrected chi connectivity index (χ4v) is 4.08. The standard InChI is InChI=1S/C21H22N4O2S/c1-13-10-15-11-18(26-2)19(27-3)12-17(15)20(14-4-6-16(22)7-5-14)24-25(13)21-23-8-9-28-21/h4-9,11-13H,10,22H2,1-3H3/t13-/m1/s1. The molecule has 1 aromatic heterocycles. The molecule has 0 spiro atoms. The molecule has 2 heterocycles. The topological polar surface area (TPSA) is 73.0 Å². The van der Waals surface area contributed by atoms with E-state index in [2.05, 4.69) is 11.9 Å². The van der Waals surface area contributed by atoms with Gasteiger partial charge in [-0.25, -0.2) is 9.99 Å². The van der Waals surface area contributed by atoms with E-state index in [-0.39, 0.29) is 6.04 Å². The molecule has 1 aliphatic heterocycles. The summed E-state index contributed by atoms with van der Waals surface area (Å²) in [6.45, 7) is 2.15. The summed E-state index contributed by atoms with van der Waals surface area (Å²) >= 11 is 1.57. The average molecular weight is 395 g/mol. The third-order valence-corrected chi connectivity index (χ3v) is 5.57. The van der Waals surface area contributed by atoms with Crippen molar-refractivity contribution in [2.45, 2.75) is 19.4 Å². The minimum absolute atomic E-state index is 0.134. The second-order valence-electron chi connectivity index (χ2n) is 6.65. The number of rotatable bonds is 4. The predicted octanol–water partition coefficient (Wildman–Crippen LogP) is 3.95. The van der Waals surface area contributed by atoms with E-state index in [1.165, 1.54) is 0 Å². The van der Waals surface area contributed by atoms with Crippen LogP contribution < -0.4 is 20.2 Å².